The molecule has 1 amide bonds. The first-order chi connectivity index (χ1) is 12.3. The molecule has 1 aliphatic heterocycles. The maximum absolute atomic E-state index is 12.3. The van der Waals surface area contributed by atoms with E-state index in [1.807, 2.05) is 54.6 Å². The summed E-state index contributed by atoms with van der Waals surface area (Å²) < 4.78 is 5.93. The topological polar surface area (TPSA) is 58.4 Å². The first-order valence-electron chi connectivity index (χ1n) is 8.77. The van der Waals surface area contributed by atoms with Crippen molar-refractivity contribution in [3.05, 3.63) is 60.2 Å². The monoisotopic (exact) mass is 335 g/mol. The number of nitrogens with one attached hydrogen (secondary N) is 1. The fourth-order valence-corrected chi connectivity index (χ4v) is 3.35. The number of hydrogen-bond acceptors (Lipinski definition) is 4. The first-order valence-corrected chi connectivity index (χ1v) is 8.77. The van der Waals surface area contributed by atoms with Gasteiger partial charge in [-0.3, -0.25) is 4.79 Å². The summed E-state index contributed by atoms with van der Waals surface area (Å²) in [5, 5.41) is 3.05. The molecule has 1 aliphatic rings. The van der Waals surface area contributed by atoms with Gasteiger partial charge in [0.15, 0.2) is 5.58 Å². The molecule has 1 aromatic heterocycles. The van der Waals surface area contributed by atoms with E-state index >= 15 is 0 Å². The predicted molar refractivity (Wildman–Crippen MR) is 97.8 cm³/mol. The molecule has 25 heavy (non-hydrogen) atoms. The Kier molecular flexibility index (Phi) is 4.37. The van der Waals surface area contributed by atoms with E-state index in [9.17, 15) is 4.79 Å². The maximum atomic E-state index is 12.3. The molecule has 128 valence electrons. The fraction of sp³-hybridized carbons (Fsp3) is 0.300. The summed E-state index contributed by atoms with van der Waals surface area (Å²) >= 11 is 0. The predicted octanol–water partition coefficient (Wildman–Crippen LogP) is 3.62. The minimum Gasteiger partial charge on any atom is -0.423 e. The number of oxazole rings is 1. The largest absolute Gasteiger partial charge is 0.423 e. The van der Waals surface area contributed by atoms with Gasteiger partial charge in [0, 0.05) is 18.7 Å². The third kappa shape index (κ3) is 3.36. The van der Waals surface area contributed by atoms with Crippen molar-refractivity contribution in [2.24, 2.45) is 0 Å². The van der Waals surface area contributed by atoms with Gasteiger partial charge in [-0.2, -0.15) is 4.98 Å². The van der Waals surface area contributed by atoms with E-state index in [0.717, 1.165) is 36.9 Å². The van der Waals surface area contributed by atoms with Crippen molar-refractivity contribution >= 4 is 23.0 Å². The van der Waals surface area contributed by atoms with Gasteiger partial charge in [-0.1, -0.05) is 30.3 Å². The van der Waals surface area contributed by atoms with Crippen LogP contribution < -0.4 is 10.2 Å². The number of aromatic nitrogens is 1. The molecule has 0 spiro atoms. The Balaban J connectivity index is 1.48. The third-order valence-corrected chi connectivity index (χ3v) is 4.69. The summed E-state index contributed by atoms with van der Waals surface area (Å²) in [5.41, 5.74) is 2.36. The maximum Gasteiger partial charge on any atom is 0.298 e. The van der Waals surface area contributed by atoms with Crippen LogP contribution in [0.25, 0.3) is 11.1 Å². The van der Waals surface area contributed by atoms with Crippen LogP contribution in [0.1, 0.15) is 29.6 Å². The lowest BCUT2D eigenvalue weighted by Crippen LogP contribution is -2.47. The molecular formula is C20H21N3O2. The summed E-state index contributed by atoms with van der Waals surface area (Å²) in [4.78, 5) is 19.1. The van der Waals surface area contributed by atoms with Gasteiger partial charge in [-0.05, 0) is 43.5 Å². The van der Waals surface area contributed by atoms with E-state index in [1.54, 1.807) is 0 Å². The molecule has 2 heterocycles. The summed E-state index contributed by atoms with van der Waals surface area (Å²) in [6.45, 7) is 1.49. The number of carbonyl (C=O) groups is 1. The van der Waals surface area contributed by atoms with Gasteiger partial charge >= 0.3 is 0 Å². The molecular weight excluding hydrogens is 314 g/mol. The van der Waals surface area contributed by atoms with Crippen molar-refractivity contribution in [3.8, 4) is 0 Å². The molecule has 1 atom stereocenters. The van der Waals surface area contributed by atoms with E-state index in [1.165, 1.54) is 0 Å². The van der Waals surface area contributed by atoms with Crippen LogP contribution in [0.15, 0.2) is 59.0 Å². The van der Waals surface area contributed by atoms with Crippen LogP contribution in [0.3, 0.4) is 0 Å². The Morgan fingerprint density at radius 3 is 2.76 bits per heavy atom. The lowest BCUT2D eigenvalue weighted by Gasteiger charge is -2.34. The molecule has 1 saturated heterocycles. The van der Waals surface area contributed by atoms with Crippen LogP contribution in [0.5, 0.6) is 0 Å². The number of rotatable bonds is 4. The van der Waals surface area contributed by atoms with Gasteiger partial charge in [0.1, 0.15) is 5.52 Å². The van der Waals surface area contributed by atoms with Gasteiger partial charge in [0.05, 0.1) is 6.04 Å². The van der Waals surface area contributed by atoms with Gasteiger partial charge in [0.25, 0.3) is 11.9 Å². The second-order valence-electron chi connectivity index (χ2n) is 6.38. The smallest absolute Gasteiger partial charge is 0.298 e. The highest BCUT2D eigenvalue weighted by atomic mass is 16.4. The lowest BCUT2D eigenvalue weighted by atomic mass is 10.0. The Hall–Kier alpha value is -2.82. The van der Waals surface area contributed by atoms with Gasteiger partial charge in [0.2, 0.25) is 0 Å². The molecule has 3 aromatic rings. The van der Waals surface area contributed by atoms with Crippen molar-refractivity contribution in [1.29, 1.82) is 0 Å². The van der Waals surface area contributed by atoms with Crippen molar-refractivity contribution in [1.82, 2.24) is 10.3 Å². The average Bonchev–Trinajstić information content (AvgIpc) is 3.11. The molecule has 1 fully saturated rings. The van der Waals surface area contributed by atoms with Gasteiger partial charge in [-0.25, -0.2) is 0 Å². The van der Waals surface area contributed by atoms with E-state index in [2.05, 4.69) is 15.2 Å². The molecule has 1 N–H and O–H groups in total. The minimum atomic E-state index is -0.0383. The molecule has 0 bridgehead atoms. The zero-order valence-electron chi connectivity index (χ0n) is 14.0. The van der Waals surface area contributed by atoms with E-state index in [-0.39, 0.29) is 11.9 Å². The summed E-state index contributed by atoms with van der Waals surface area (Å²) in [7, 11) is 0. The van der Waals surface area contributed by atoms with Crippen molar-refractivity contribution in [2.75, 3.05) is 18.0 Å². The molecule has 1 unspecified atom stereocenters. The van der Waals surface area contributed by atoms with Crippen LogP contribution >= 0.6 is 0 Å². The molecule has 0 radical (unpaired) electrons. The summed E-state index contributed by atoms with van der Waals surface area (Å²) in [5.74, 6) is -0.0383. The Morgan fingerprint density at radius 1 is 1.12 bits per heavy atom. The van der Waals surface area contributed by atoms with E-state index in [4.69, 9.17) is 4.42 Å². The quantitative estimate of drug-likeness (QED) is 0.791. The zero-order valence-corrected chi connectivity index (χ0v) is 14.0. The molecule has 0 saturated carbocycles. The second-order valence-corrected chi connectivity index (χ2v) is 6.38. The number of fused-ring (bicyclic) bond motifs is 1. The van der Waals surface area contributed by atoms with Crippen LogP contribution in [-0.4, -0.2) is 30.0 Å². The van der Waals surface area contributed by atoms with Crippen molar-refractivity contribution in [2.45, 2.75) is 25.3 Å². The molecule has 2 aromatic carbocycles. The number of nitrogens with zero attached hydrogens (tertiary/aromatic N) is 2. The molecule has 0 aliphatic carbocycles. The summed E-state index contributed by atoms with van der Waals surface area (Å²) in [6.07, 6.45) is 3.29. The molecule has 5 nitrogen and oxygen atoms in total. The third-order valence-electron chi connectivity index (χ3n) is 4.69. The number of benzene rings is 2. The highest BCUT2D eigenvalue weighted by molar-refractivity contribution is 5.94. The highest BCUT2D eigenvalue weighted by Crippen LogP contribution is 2.27. The van der Waals surface area contributed by atoms with E-state index in [0.29, 0.717) is 18.1 Å². The van der Waals surface area contributed by atoms with Crippen LogP contribution in [-0.2, 0) is 0 Å². The summed E-state index contributed by atoms with van der Waals surface area (Å²) in [6, 6.07) is 18.0. The van der Waals surface area contributed by atoms with Gasteiger partial charge < -0.3 is 14.6 Å². The number of amides is 1. The van der Waals surface area contributed by atoms with Crippen LogP contribution in [0.4, 0.5) is 6.01 Å². The molecule has 4 rings (SSSR count). The standard InChI is InChI=1S/C20H21N3O2/c24-19(15-8-2-1-3-9-15)21-14-16-10-6-7-13-23(16)20-22-17-11-4-5-12-18(17)25-20/h1-5,8-9,11-12,16H,6-7,10,13-14H2,(H,21,24). The van der Waals surface area contributed by atoms with Crippen LogP contribution in [0.2, 0.25) is 0 Å². The van der Waals surface area contributed by atoms with Crippen LogP contribution in [0, 0.1) is 0 Å². The normalized spacial score (nSPS) is 17.6. The Bertz CT molecular complexity index is 827. The second kappa shape index (κ2) is 6.97. The Morgan fingerprint density at radius 2 is 1.92 bits per heavy atom. The number of anilines is 1. The number of para-hydroxylation sites is 2. The lowest BCUT2D eigenvalue weighted by molar-refractivity contribution is 0.0949. The number of carbonyl (C=O) groups excluding carboxylic acids is 1. The fourth-order valence-electron chi connectivity index (χ4n) is 3.35. The number of piperidine rings is 1. The van der Waals surface area contributed by atoms with Gasteiger partial charge in [-0.15, -0.1) is 0 Å². The first kappa shape index (κ1) is 15.7. The van der Waals surface area contributed by atoms with Crippen molar-refractivity contribution < 1.29 is 9.21 Å². The van der Waals surface area contributed by atoms with E-state index < -0.39 is 0 Å². The molecule has 5 heteroatoms. The SMILES string of the molecule is O=C(NCC1CCCCN1c1nc2ccccc2o1)c1ccccc1. The van der Waals surface area contributed by atoms with Crippen molar-refractivity contribution in [3.63, 3.8) is 0 Å². The highest BCUT2D eigenvalue weighted by Gasteiger charge is 2.26. The minimum absolute atomic E-state index is 0.0383. The average molecular weight is 335 g/mol. The number of hydrogen-bond donors (Lipinski definition) is 1. The Labute approximate surface area is 146 Å². The zero-order chi connectivity index (χ0) is 17.1.